The van der Waals surface area contributed by atoms with E-state index in [4.69, 9.17) is 4.42 Å². The fourth-order valence-corrected chi connectivity index (χ4v) is 2.88. The van der Waals surface area contributed by atoms with Gasteiger partial charge in [0.25, 0.3) is 0 Å². The third kappa shape index (κ3) is 3.32. The summed E-state index contributed by atoms with van der Waals surface area (Å²) >= 11 is 0. The fourth-order valence-electron chi connectivity index (χ4n) is 2.88. The van der Waals surface area contributed by atoms with Crippen LogP contribution < -0.4 is 5.32 Å². The number of furan rings is 1. The normalized spacial score (nSPS) is 13.5. The summed E-state index contributed by atoms with van der Waals surface area (Å²) < 4.78 is 6.30. The Bertz CT molecular complexity index is 595. The van der Waals surface area contributed by atoms with Gasteiger partial charge in [-0.3, -0.25) is 0 Å². The van der Waals surface area contributed by atoms with Crippen LogP contribution in [-0.2, 0) is 6.54 Å². The molecule has 2 heteroatoms. The maximum atomic E-state index is 6.30. The van der Waals surface area contributed by atoms with Crippen LogP contribution in [-0.4, -0.2) is 6.04 Å². The molecule has 0 aliphatic carbocycles. The van der Waals surface area contributed by atoms with E-state index in [0.29, 0.717) is 17.9 Å². The zero-order valence-corrected chi connectivity index (χ0v) is 14.3. The smallest absolute Gasteiger partial charge is 0.138 e. The Kier molecular flexibility index (Phi) is 5.10. The molecular formula is C19H29NO. The number of benzene rings is 1. The first-order valence-corrected chi connectivity index (χ1v) is 8.23. The van der Waals surface area contributed by atoms with Gasteiger partial charge in [0.15, 0.2) is 0 Å². The Morgan fingerprint density at radius 1 is 1.10 bits per heavy atom. The van der Waals surface area contributed by atoms with Gasteiger partial charge in [0, 0.05) is 17.0 Å². The second-order valence-corrected chi connectivity index (χ2v) is 6.66. The van der Waals surface area contributed by atoms with Crippen molar-refractivity contribution in [2.75, 3.05) is 0 Å². The van der Waals surface area contributed by atoms with Gasteiger partial charge in [-0.2, -0.15) is 0 Å². The molecule has 2 rings (SSSR count). The molecule has 0 aliphatic rings. The van der Waals surface area contributed by atoms with Crippen LogP contribution in [0.4, 0.5) is 0 Å². The maximum absolute atomic E-state index is 6.30. The van der Waals surface area contributed by atoms with Gasteiger partial charge >= 0.3 is 0 Å². The third-order valence-electron chi connectivity index (χ3n) is 4.25. The highest BCUT2D eigenvalue weighted by Crippen LogP contribution is 2.36. The number of rotatable bonds is 6. The summed E-state index contributed by atoms with van der Waals surface area (Å²) in [4.78, 5) is 0. The van der Waals surface area contributed by atoms with Crippen LogP contribution in [0.25, 0.3) is 11.0 Å². The maximum Gasteiger partial charge on any atom is 0.138 e. The van der Waals surface area contributed by atoms with Gasteiger partial charge < -0.3 is 9.73 Å². The molecule has 0 radical (unpaired) electrons. The first-order chi connectivity index (χ1) is 9.95. The summed E-state index contributed by atoms with van der Waals surface area (Å²) in [6.07, 6.45) is 1.14. The largest absolute Gasteiger partial charge is 0.459 e. The second-order valence-electron chi connectivity index (χ2n) is 6.66. The summed E-state index contributed by atoms with van der Waals surface area (Å²) in [6.45, 7) is 14.2. The van der Waals surface area contributed by atoms with Crippen molar-refractivity contribution in [3.63, 3.8) is 0 Å². The van der Waals surface area contributed by atoms with Crippen LogP contribution in [0.3, 0.4) is 0 Å². The molecule has 21 heavy (non-hydrogen) atoms. The molecule has 1 aromatic carbocycles. The van der Waals surface area contributed by atoms with Gasteiger partial charge in [0.2, 0.25) is 0 Å². The number of hydrogen-bond acceptors (Lipinski definition) is 2. The van der Waals surface area contributed by atoms with Crippen molar-refractivity contribution in [2.45, 2.75) is 72.4 Å². The lowest BCUT2D eigenvalue weighted by Crippen LogP contribution is -2.22. The number of para-hydroxylation sites is 1. The highest BCUT2D eigenvalue weighted by atomic mass is 16.3. The lowest BCUT2D eigenvalue weighted by molar-refractivity contribution is 0.478. The summed E-state index contributed by atoms with van der Waals surface area (Å²) in [5, 5.41) is 4.78. The van der Waals surface area contributed by atoms with Crippen LogP contribution in [0.15, 0.2) is 22.6 Å². The zero-order chi connectivity index (χ0) is 15.6. The molecule has 0 fully saturated rings. The Labute approximate surface area is 128 Å². The molecule has 1 N–H and O–H groups in total. The van der Waals surface area contributed by atoms with E-state index in [2.05, 4.69) is 65.1 Å². The highest BCUT2D eigenvalue weighted by Gasteiger charge is 2.20. The van der Waals surface area contributed by atoms with Gasteiger partial charge in [0.1, 0.15) is 11.3 Å². The topological polar surface area (TPSA) is 25.2 Å². The summed E-state index contributed by atoms with van der Waals surface area (Å²) in [5.41, 5.74) is 3.80. The lowest BCUT2D eigenvalue weighted by Gasteiger charge is -2.10. The van der Waals surface area contributed by atoms with Crippen molar-refractivity contribution in [3.8, 4) is 0 Å². The van der Waals surface area contributed by atoms with Crippen molar-refractivity contribution in [2.24, 2.45) is 0 Å². The molecule has 1 unspecified atom stereocenters. The van der Waals surface area contributed by atoms with Gasteiger partial charge in [0.05, 0.1) is 6.54 Å². The molecule has 0 aliphatic heterocycles. The Morgan fingerprint density at radius 3 is 2.38 bits per heavy atom. The average Bonchev–Trinajstić information content (AvgIpc) is 2.82. The number of fused-ring (bicyclic) bond motifs is 1. The van der Waals surface area contributed by atoms with Crippen LogP contribution in [0.1, 0.15) is 76.7 Å². The quantitative estimate of drug-likeness (QED) is 0.751. The molecule has 1 aromatic heterocycles. The van der Waals surface area contributed by atoms with E-state index in [0.717, 1.165) is 24.3 Å². The minimum absolute atomic E-state index is 0.465. The van der Waals surface area contributed by atoms with Gasteiger partial charge in [-0.15, -0.1) is 0 Å². The van der Waals surface area contributed by atoms with E-state index in [1.807, 2.05) is 0 Å². The van der Waals surface area contributed by atoms with Crippen LogP contribution in [0, 0.1) is 0 Å². The summed E-state index contributed by atoms with van der Waals surface area (Å²) in [7, 11) is 0. The molecule has 1 atom stereocenters. The van der Waals surface area contributed by atoms with Crippen molar-refractivity contribution >= 4 is 11.0 Å². The molecule has 2 nitrogen and oxygen atoms in total. The minimum Gasteiger partial charge on any atom is -0.459 e. The Morgan fingerprint density at radius 2 is 1.81 bits per heavy atom. The Hall–Kier alpha value is -1.28. The van der Waals surface area contributed by atoms with E-state index in [9.17, 15) is 0 Å². The van der Waals surface area contributed by atoms with Crippen molar-refractivity contribution in [1.29, 1.82) is 0 Å². The molecule has 0 amide bonds. The lowest BCUT2D eigenvalue weighted by atomic mass is 9.93. The van der Waals surface area contributed by atoms with Crippen molar-refractivity contribution in [3.05, 3.63) is 35.1 Å². The minimum atomic E-state index is 0.465. The van der Waals surface area contributed by atoms with E-state index in [1.54, 1.807) is 0 Å². The SMILES string of the molecule is CCC(C)c1cccc2c(C(C)C)c(CNC(C)C)oc12. The van der Waals surface area contributed by atoms with E-state index >= 15 is 0 Å². The van der Waals surface area contributed by atoms with Crippen LogP contribution in [0.2, 0.25) is 0 Å². The molecule has 1 heterocycles. The predicted octanol–water partition coefficient (Wildman–Crippen LogP) is 5.57. The van der Waals surface area contributed by atoms with E-state index in [1.165, 1.54) is 16.5 Å². The molecule has 0 saturated carbocycles. The van der Waals surface area contributed by atoms with Crippen LogP contribution >= 0.6 is 0 Å². The average molecular weight is 287 g/mol. The van der Waals surface area contributed by atoms with Crippen LogP contribution in [0.5, 0.6) is 0 Å². The Balaban J connectivity index is 2.55. The molecule has 0 saturated heterocycles. The van der Waals surface area contributed by atoms with Crippen molar-refractivity contribution < 1.29 is 4.42 Å². The first kappa shape index (κ1) is 16.1. The van der Waals surface area contributed by atoms with Crippen molar-refractivity contribution in [1.82, 2.24) is 5.32 Å². The zero-order valence-electron chi connectivity index (χ0n) is 14.3. The van der Waals surface area contributed by atoms with E-state index in [-0.39, 0.29) is 0 Å². The number of nitrogens with one attached hydrogen (secondary N) is 1. The molecule has 116 valence electrons. The molecule has 0 bridgehead atoms. The fraction of sp³-hybridized carbons (Fsp3) is 0.579. The summed E-state index contributed by atoms with van der Waals surface area (Å²) in [5.74, 6) is 2.11. The standard InChI is InChI=1S/C19H29NO/c1-7-14(6)15-9-8-10-16-18(12(2)3)17(21-19(15)16)11-20-13(4)5/h8-10,12-14,20H,7,11H2,1-6H3. The second kappa shape index (κ2) is 6.65. The van der Waals surface area contributed by atoms with Gasteiger partial charge in [-0.25, -0.2) is 0 Å². The number of hydrogen-bond donors (Lipinski definition) is 1. The van der Waals surface area contributed by atoms with Gasteiger partial charge in [-0.05, 0) is 23.8 Å². The first-order valence-electron chi connectivity index (χ1n) is 8.23. The van der Waals surface area contributed by atoms with Gasteiger partial charge in [-0.1, -0.05) is 59.7 Å². The molecular weight excluding hydrogens is 258 g/mol. The highest BCUT2D eigenvalue weighted by molar-refractivity contribution is 5.86. The monoisotopic (exact) mass is 287 g/mol. The summed E-state index contributed by atoms with van der Waals surface area (Å²) in [6, 6.07) is 7.06. The third-order valence-corrected chi connectivity index (χ3v) is 4.25. The molecule has 0 spiro atoms. The van der Waals surface area contributed by atoms with E-state index < -0.39 is 0 Å². The predicted molar refractivity (Wildman–Crippen MR) is 91.0 cm³/mol. The molecule has 2 aromatic rings.